The Kier molecular flexibility index (Phi) is 4.75. The Balaban J connectivity index is 2.43. The van der Waals surface area contributed by atoms with Crippen LogP contribution in [-0.2, 0) is 11.3 Å². The van der Waals surface area contributed by atoms with E-state index in [0.717, 1.165) is 12.0 Å². The van der Waals surface area contributed by atoms with Crippen LogP contribution in [0.25, 0.3) is 0 Å². The number of benzene rings is 1. The van der Waals surface area contributed by atoms with Crippen LogP contribution in [0, 0.1) is 5.82 Å². The number of carbonyl (C=O) groups excluding carboxylic acids is 1. The summed E-state index contributed by atoms with van der Waals surface area (Å²) in [7, 11) is 0. The number of carbonyl (C=O) groups is 1. The summed E-state index contributed by atoms with van der Waals surface area (Å²) in [6.45, 7) is 2.36. The van der Waals surface area contributed by atoms with Gasteiger partial charge in [-0.15, -0.1) is 0 Å². The van der Waals surface area contributed by atoms with E-state index in [9.17, 15) is 9.18 Å². The van der Waals surface area contributed by atoms with Gasteiger partial charge >= 0.3 is 0 Å². The van der Waals surface area contributed by atoms with Gasteiger partial charge in [0.15, 0.2) is 0 Å². The largest absolute Gasteiger partial charge is 0.351 e. The zero-order chi connectivity index (χ0) is 11.3. The number of hydrogen-bond donors (Lipinski definition) is 1. The fraction of sp³-hybridized carbons (Fsp3) is 0.364. The van der Waals surface area contributed by atoms with Crippen molar-refractivity contribution >= 4 is 21.8 Å². The number of nitrogens with one attached hydrogen (secondary N) is 1. The first-order valence-corrected chi connectivity index (χ1v) is 5.71. The highest BCUT2D eigenvalue weighted by Crippen LogP contribution is 2.06. The summed E-state index contributed by atoms with van der Waals surface area (Å²) in [5, 5.41) is 2.76. The minimum atomic E-state index is -0.267. The maximum Gasteiger partial charge on any atom is 0.234 e. The molecule has 1 atom stereocenters. The van der Waals surface area contributed by atoms with E-state index >= 15 is 0 Å². The molecule has 1 N–H and O–H groups in total. The van der Waals surface area contributed by atoms with Crippen molar-refractivity contribution in [3.63, 3.8) is 0 Å². The van der Waals surface area contributed by atoms with Crippen molar-refractivity contribution in [1.82, 2.24) is 5.32 Å². The molecule has 0 heterocycles. The van der Waals surface area contributed by atoms with Gasteiger partial charge in [-0.1, -0.05) is 35.0 Å². The molecular formula is C11H13BrFNO. The molecule has 1 unspecified atom stereocenters. The van der Waals surface area contributed by atoms with E-state index < -0.39 is 0 Å². The SMILES string of the molecule is CCC(Br)C(=O)NCc1ccc(F)cc1. The summed E-state index contributed by atoms with van der Waals surface area (Å²) >= 11 is 3.26. The number of rotatable bonds is 4. The zero-order valence-corrected chi connectivity index (χ0v) is 10.1. The second-order valence-electron chi connectivity index (χ2n) is 3.22. The van der Waals surface area contributed by atoms with Gasteiger partial charge in [0.05, 0.1) is 4.83 Å². The predicted octanol–water partition coefficient (Wildman–Crippen LogP) is 2.62. The molecule has 0 radical (unpaired) electrons. The Morgan fingerprint density at radius 2 is 2.07 bits per heavy atom. The van der Waals surface area contributed by atoms with Gasteiger partial charge in [-0.2, -0.15) is 0 Å². The summed E-state index contributed by atoms with van der Waals surface area (Å²) in [4.78, 5) is 11.2. The minimum Gasteiger partial charge on any atom is -0.351 e. The van der Waals surface area contributed by atoms with Crippen molar-refractivity contribution in [2.45, 2.75) is 24.7 Å². The molecule has 0 aliphatic heterocycles. The van der Waals surface area contributed by atoms with E-state index in [1.165, 1.54) is 12.1 Å². The Hall–Kier alpha value is -0.900. The molecule has 0 aliphatic carbocycles. The minimum absolute atomic E-state index is 0.0400. The molecule has 2 nitrogen and oxygen atoms in total. The van der Waals surface area contributed by atoms with Gasteiger partial charge in [-0.05, 0) is 24.1 Å². The molecule has 1 aromatic rings. The highest BCUT2D eigenvalue weighted by Gasteiger charge is 2.10. The third-order valence-corrected chi connectivity index (χ3v) is 3.09. The quantitative estimate of drug-likeness (QED) is 0.840. The van der Waals surface area contributed by atoms with Crippen LogP contribution in [-0.4, -0.2) is 10.7 Å². The molecule has 0 aromatic heterocycles. The molecule has 82 valence electrons. The molecule has 1 rings (SSSR count). The lowest BCUT2D eigenvalue weighted by atomic mass is 10.2. The first-order chi connectivity index (χ1) is 7.13. The molecule has 0 aliphatic rings. The highest BCUT2D eigenvalue weighted by atomic mass is 79.9. The van der Waals surface area contributed by atoms with Crippen molar-refractivity contribution in [1.29, 1.82) is 0 Å². The fourth-order valence-corrected chi connectivity index (χ4v) is 1.25. The molecule has 1 amide bonds. The first-order valence-electron chi connectivity index (χ1n) is 4.79. The summed E-state index contributed by atoms with van der Waals surface area (Å²) in [5.74, 6) is -0.307. The average molecular weight is 274 g/mol. The van der Waals surface area contributed by atoms with E-state index in [1.807, 2.05) is 6.92 Å². The van der Waals surface area contributed by atoms with Gasteiger partial charge < -0.3 is 5.32 Å². The van der Waals surface area contributed by atoms with Crippen LogP contribution in [0.15, 0.2) is 24.3 Å². The summed E-state index contributed by atoms with van der Waals surface area (Å²) in [6, 6.07) is 6.08. The third-order valence-electron chi connectivity index (χ3n) is 2.02. The summed E-state index contributed by atoms with van der Waals surface area (Å²) in [6.07, 6.45) is 0.745. The molecule has 15 heavy (non-hydrogen) atoms. The maximum absolute atomic E-state index is 12.6. The molecule has 0 saturated heterocycles. The number of alkyl halides is 1. The Morgan fingerprint density at radius 3 is 2.60 bits per heavy atom. The van der Waals surface area contributed by atoms with Gasteiger partial charge in [0.25, 0.3) is 0 Å². The normalized spacial score (nSPS) is 12.2. The zero-order valence-electron chi connectivity index (χ0n) is 8.47. The fourth-order valence-electron chi connectivity index (χ4n) is 1.09. The van der Waals surface area contributed by atoms with Crippen LogP contribution >= 0.6 is 15.9 Å². The Morgan fingerprint density at radius 1 is 1.47 bits per heavy atom. The average Bonchev–Trinajstić information content (AvgIpc) is 2.26. The molecule has 0 spiro atoms. The van der Waals surface area contributed by atoms with Gasteiger partial charge in [-0.3, -0.25) is 4.79 Å². The second kappa shape index (κ2) is 5.85. The summed E-state index contributed by atoms with van der Waals surface area (Å²) < 4.78 is 12.6. The van der Waals surface area contributed by atoms with Crippen molar-refractivity contribution in [3.8, 4) is 0 Å². The van der Waals surface area contributed by atoms with E-state index in [0.29, 0.717) is 6.54 Å². The molecular weight excluding hydrogens is 261 g/mol. The van der Waals surface area contributed by atoms with Crippen molar-refractivity contribution in [2.75, 3.05) is 0 Å². The Labute approximate surface area is 97.0 Å². The van der Waals surface area contributed by atoms with Crippen molar-refractivity contribution < 1.29 is 9.18 Å². The molecule has 0 saturated carbocycles. The Bertz CT molecular complexity index is 326. The predicted molar refractivity (Wildman–Crippen MR) is 61.3 cm³/mol. The second-order valence-corrected chi connectivity index (χ2v) is 4.33. The van der Waals surface area contributed by atoms with E-state index in [4.69, 9.17) is 0 Å². The standard InChI is InChI=1S/C11H13BrFNO/c1-2-10(12)11(15)14-7-8-3-5-9(13)6-4-8/h3-6,10H,2,7H2,1H3,(H,14,15). The summed E-state index contributed by atoms with van der Waals surface area (Å²) in [5.41, 5.74) is 0.889. The monoisotopic (exact) mass is 273 g/mol. The smallest absolute Gasteiger partial charge is 0.234 e. The van der Waals surface area contributed by atoms with Crippen LogP contribution in [0.4, 0.5) is 4.39 Å². The van der Waals surface area contributed by atoms with Gasteiger partial charge in [0.2, 0.25) is 5.91 Å². The van der Waals surface area contributed by atoms with Gasteiger partial charge in [0.1, 0.15) is 5.82 Å². The van der Waals surface area contributed by atoms with Crippen LogP contribution in [0.1, 0.15) is 18.9 Å². The highest BCUT2D eigenvalue weighted by molar-refractivity contribution is 9.10. The van der Waals surface area contributed by atoms with Crippen LogP contribution in [0.5, 0.6) is 0 Å². The lowest BCUT2D eigenvalue weighted by molar-refractivity contribution is -0.120. The van der Waals surface area contributed by atoms with Crippen molar-refractivity contribution in [2.24, 2.45) is 0 Å². The number of amides is 1. The van der Waals surface area contributed by atoms with Gasteiger partial charge in [-0.25, -0.2) is 4.39 Å². The topological polar surface area (TPSA) is 29.1 Å². The molecule has 4 heteroatoms. The van der Waals surface area contributed by atoms with Crippen LogP contribution in [0.3, 0.4) is 0 Å². The number of halogens is 2. The van der Waals surface area contributed by atoms with E-state index in [1.54, 1.807) is 12.1 Å². The van der Waals surface area contributed by atoms with Crippen molar-refractivity contribution in [3.05, 3.63) is 35.6 Å². The van der Waals surface area contributed by atoms with E-state index in [2.05, 4.69) is 21.2 Å². The lowest BCUT2D eigenvalue weighted by Gasteiger charge is -2.08. The van der Waals surface area contributed by atoms with E-state index in [-0.39, 0.29) is 16.6 Å². The third kappa shape index (κ3) is 4.00. The molecule has 0 bridgehead atoms. The van der Waals surface area contributed by atoms with Crippen LogP contribution in [0.2, 0.25) is 0 Å². The lowest BCUT2D eigenvalue weighted by Crippen LogP contribution is -2.30. The molecule has 1 aromatic carbocycles. The first kappa shape index (κ1) is 12.2. The van der Waals surface area contributed by atoms with Crippen LogP contribution < -0.4 is 5.32 Å². The molecule has 0 fully saturated rings. The van der Waals surface area contributed by atoms with Gasteiger partial charge in [0, 0.05) is 6.54 Å². The maximum atomic E-state index is 12.6. The number of hydrogen-bond acceptors (Lipinski definition) is 1.